The van der Waals surface area contributed by atoms with Gasteiger partial charge in [-0.2, -0.15) is 0 Å². The highest BCUT2D eigenvalue weighted by Crippen LogP contribution is 2.17. The van der Waals surface area contributed by atoms with Crippen molar-refractivity contribution >= 4 is 17.9 Å². The number of hydrogen-bond acceptors (Lipinski definition) is 6. The van der Waals surface area contributed by atoms with E-state index in [0.29, 0.717) is 19.3 Å². The molecule has 0 heterocycles. The van der Waals surface area contributed by atoms with Crippen molar-refractivity contribution in [3.63, 3.8) is 0 Å². The molecule has 6 heteroatoms. The van der Waals surface area contributed by atoms with Gasteiger partial charge in [-0.1, -0.05) is 295 Å². The van der Waals surface area contributed by atoms with Gasteiger partial charge in [0.05, 0.1) is 0 Å². The summed E-state index contributed by atoms with van der Waals surface area (Å²) in [7, 11) is 0. The Kier molecular flexibility index (Phi) is 56.7. The van der Waals surface area contributed by atoms with Crippen LogP contribution < -0.4 is 0 Å². The molecule has 1 unspecified atom stereocenters. The minimum atomic E-state index is -0.763. The van der Waals surface area contributed by atoms with Crippen molar-refractivity contribution in [1.82, 2.24) is 0 Å². The van der Waals surface area contributed by atoms with E-state index in [1.165, 1.54) is 238 Å². The fourth-order valence-electron chi connectivity index (χ4n) is 9.30. The van der Waals surface area contributed by atoms with E-state index in [9.17, 15) is 14.4 Å². The minimum Gasteiger partial charge on any atom is -0.462 e. The van der Waals surface area contributed by atoms with E-state index in [4.69, 9.17) is 14.2 Å². The third kappa shape index (κ3) is 56.7. The Morgan fingerprint density at radius 1 is 0.290 bits per heavy atom. The van der Waals surface area contributed by atoms with Crippen molar-refractivity contribution < 1.29 is 28.6 Å². The Labute approximate surface area is 430 Å². The second-order valence-electron chi connectivity index (χ2n) is 21.0. The van der Waals surface area contributed by atoms with Crippen molar-refractivity contribution in [3.8, 4) is 0 Å². The predicted octanol–water partition coefficient (Wildman–Crippen LogP) is 20.7. The topological polar surface area (TPSA) is 78.9 Å². The van der Waals surface area contributed by atoms with E-state index >= 15 is 0 Å². The Balaban J connectivity index is 4.02. The summed E-state index contributed by atoms with van der Waals surface area (Å²) in [4.78, 5) is 37.9. The maximum atomic E-state index is 12.8. The van der Waals surface area contributed by atoms with Gasteiger partial charge in [0.25, 0.3) is 0 Å². The molecule has 0 N–H and O–H groups in total. The molecule has 0 aliphatic carbocycles. The van der Waals surface area contributed by atoms with Gasteiger partial charge < -0.3 is 14.2 Å². The number of carbonyl (C=O) groups is 3. The zero-order valence-electron chi connectivity index (χ0n) is 46.6. The lowest BCUT2D eigenvalue weighted by Gasteiger charge is -2.18. The second-order valence-corrected chi connectivity index (χ2v) is 21.0. The van der Waals surface area contributed by atoms with Crippen molar-refractivity contribution in [2.24, 2.45) is 0 Å². The number of rotatable bonds is 57. The standard InChI is InChI=1S/C63H118O6/c1-4-7-10-13-16-18-20-22-24-26-28-29-30-31-32-33-34-35-36-38-39-41-43-45-47-50-53-56-62(65)68-59-60(58-67-61(64)55-52-49-15-12-9-6-3)69-63(66)57-54-51-48-46-44-42-40-37-27-25-23-21-19-17-14-11-8-5-2/h20,22,26,28,60H,4-19,21,23-25,27,29-59H2,1-3H3/b22-20-,28-26-. The van der Waals surface area contributed by atoms with Crippen LogP contribution in [0.2, 0.25) is 0 Å². The first-order valence-corrected chi connectivity index (χ1v) is 30.8. The van der Waals surface area contributed by atoms with Gasteiger partial charge in [-0.25, -0.2) is 0 Å². The maximum Gasteiger partial charge on any atom is 0.306 e. The van der Waals surface area contributed by atoms with Crippen LogP contribution >= 0.6 is 0 Å². The molecule has 0 spiro atoms. The highest BCUT2D eigenvalue weighted by molar-refractivity contribution is 5.71. The molecule has 0 amide bonds. The SMILES string of the molecule is CCCCCCC/C=C\C/C=C\CCCCCCCCCCCCCCCCCC(=O)OCC(COC(=O)CCCCCCCC)OC(=O)CCCCCCCCCCCCCCCCCCCC. The Bertz CT molecular complexity index is 1110. The average molecular weight is 972 g/mol. The Hall–Kier alpha value is -2.11. The first kappa shape index (κ1) is 66.9. The summed E-state index contributed by atoms with van der Waals surface area (Å²) >= 11 is 0. The zero-order valence-corrected chi connectivity index (χ0v) is 46.6. The molecule has 0 aliphatic rings. The normalized spacial score (nSPS) is 12.1. The molecule has 0 aromatic heterocycles. The van der Waals surface area contributed by atoms with Crippen LogP contribution in [-0.4, -0.2) is 37.2 Å². The van der Waals surface area contributed by atoms with Gasteiger partial charge in [0.15, 0.2) is 6.10 Å². The number of ether oxygens (including phenoxy) is 3. The minimum absolute atomic E-state index is 0.0658. The molecule has 0 saturated heterocycles. The van der Waals surface area contributed by atoms with E-state index in [0.717, 1.165) is 64.2 Å². The van der Waals surface area contributed by atoms with Gasteiger partial charge >= 0.3 is 17.9 Å². The lowest BCUT2D eigenvalue weighted by Crippen LogP contribution is -2.30. The van der Waals surface area contributed by atoms with Crippen LogP contribution in [0.25, 0.3) is 0 Å². The summed E-state index contributed by atoms with van der Waals surface area (Å²) in [6.45, 7) is 6.63. The molecule has 6 nitrogen and oxygen atoms in total. The second kappa shape index (κ2) is 58.5. The molecule has 0 aliphatic heterocycles. The van der Waals surface area contributed by atoms with E-state index < -0.39 is 6.10 Å². The van der Waals surface area contributed by atoms with Crippen molar-refractivity contribution in [3.05, 3.63) is 24.3 Å². The van der Waals surface area contributed by atoms with Crippen LogP contribution in [0, 0.1) is 0 Å². The zero-order chi connectivity index (χ0) is 50.0. The summed E-state index contributed by atoms with van der Waals surface area (Å²) in [6.07, 6.45) is 69.3. The summed E-state index contributed by atoms with van der Waals surface area (Å²) in [5, 5.41) is 0. The first-order chi connectivity index (χ1) is 34.0. The molecule has 0 rings (SSSR count). The quantitative estimate of drug-likeness (QED) is 0.0261. The number of unbranched alkanes of at least 4 members (excludes halogenated alkanes) is 42. The van der Waals surface area contributed by atoms with E-state index in [-0.39, 0.29) is 31.1 Å². The first-order valence-electron chi connectivity index (χ1n) is 30.8. The van der Waals surface area contributed by atoms with Crippen molar-refractivity contribution in [1.29, 1.82) is 0 Å². The molecular formula is C63H118O6. The van der Waals surface area contributed by atoms with Gasteiger partial charge in [0, 0.05) is 19.3 Å². The van der Waals surface area contributed by atoms with E-state index in [2.05, 4.69) is 45.1 Å². The molecule has 0 aromatic rings. The summed E-state index contributed by atoms with van der Waals surface area (Å²) in [5.74, 6) is -0.853. The highest BCUT2D eigenvalue weighted by atomic mass is 16.6. The highest BCUT2D eigenvalue weighted by Gasteiger charge is 2.19. The number of allylic oxidation sites excluding steroid dienone is 4. The number of carbonyl (C=O) groups excluding carboxylic acids is 3. The third-order valence-corrected chi connectivity index (χ3v) is 14.0. The summed E-state index contributed by atoms with van der Waals surface area (Å²) in [6, 6.07) is 0. The van der Waals surface area contributed by atoms with Crippen molar-refractivity contribution in [2.75, 3.05) is 13.2 Å². The van der Waals surface area contributed by atoms with Crippen LogP contribution in [0.4, 0.5) is 0 Å². The fourth-order valence-corrected chi connectivity index (χ4v) is 9.30. The van der Waals surface area contributed by atoms with Gasteiger partial charge in [-0.3, -0.25) is 14.4 Å². The fraction of sp³-hybridized carbons (Fsp3) is 0.889. The lowest BCUT2D eigenvalue weighted by molar-refractivity contribution is -0.167. The largest absolute Gasteiger partial charge is 0.462 e. The molecule has 0 bridgehead atoms. The van der Waals surface area contributed by atoms with Crippen LogP contribution in [0.1, 0.15) is 342 Å². The van der Waals surface area contributed by atoms with E-state index in [1.807, 2.05) is 0 Å². The van der Waals surface area contributed by atoms with Crippen LogP contribution in [-0.2, 0) is 28.6 Å². The summed E-state index contributed by atoms with van der Waals surface area (Å²) < 4.78 is 16.8. The number of esters is 3. The molecule has 0 aromatic carbocycles. The van der Waals surface area contributed by atoms with Crippen molar-refractivity contribution in [2.45, 2.75) is 348 Å². The van der Waals surface area contributed by atoms with Gasteiger partial charge in [-0.05, 0) is 51.4 Å². The smallest absolute Gasteiger partial charge is 0.306 e. The summed E-state index contributed by atoms with van der Waals surface area (Å²) in [5.41, 5.74) is 0. The predicted molar refractivity (Wildman–Crippen MR) is 298 cm³/mol. The maximum absolute atomic E-state index is 12.8. The molecule has 406 valence electrons. The average Bonchev–Trinajstić information content (AvgIpc) is 3.35. The molecule has 0 saturated carbocycles. The van der Waals surface area contributed by atoms with Crippen LogP contribution in [0.3, 0.4) is 0 Å². The molecule has 69 heavy (non-hydrogen) atoms. The monoisotopic (exact) mass is 971 g/mol. The van der Waals surface area contributed by atoms with Crippen LogP contribution in [0.5, 0.6) is 0 Å². The van der Waals surface area contributed by atoms with Gasteiger partial charge in [0.2, 0.25) is 0 Å². The van der Waals surface area contributed by atoms with E-state index in [1.54, 1.807) is 0 Å². The number of hydrogen-bond donors (Lipinski definition) is 0. The molecular weight excluding hydrogens is 853 g/mol. The Morgan fingerprint density at radius 2 is 0.522 bits per heavy atom. The third-order valence-electron chi connectivity index (χ3n) is 14.0. The Morgan fingerprint density at radius 3 is 0.797 bits per heavy atom. The van der Waals surface area contributed by atoms with Crippen LogP contribution in [0.15, 0.2) is 24.3 Å². The molecule has 0 fully saturated rings. The molecule has 0 radical (unpaired) electrons. The lowest BCUT2D eigenvalue weighted by atomic mass is 10.0. The van der Waals surface area contributed by atoms with Gasteiger partial charge in [0.1, 0.15) is 13.2 Å². The van der Waals surface area contributed by atoms with Gasteiger partial charge in [-0.15, -0.1) is 0 Å². The molecule has 1 atom stereocenters.